The molecule has 1 fully saturated rings. The first-order chi connectivity index (χ1) is 16.5. The maximum atomic E-state index is 13.2. The van der Waals surface area contributed by atoms with E-state index in [1.165, 1.54) is 0 Å². The van der Waals surface area contributed by atoms with Crippen LogP contribution in [0.5, 0.6) is 0 Å². The second kappa shape index (κ2) is 11.2. The van der Waals surface area contributed by atoms with Gasteiger partial charge in [0.25, 0.3) is 0 Å². The van der Waals surface area contributed by atoms with Gasteiger partial charge in [0.2, 0.25) is 5.91 Å². The molecule has 0 spiro atoms. The first-order valence-corrected chi connectivity index (χ1v) is 12.8. The largest absolute Gasteiger partial charge is 0.387 e. The van der Waals surface area contributed by atoms with Crippen LogP contribution in [-0.2, 0) is 4.79 Å². The van der Waals surface area contributed by atoms with Gasteiger partial charge in [-0.05, 0) is 55.0 Å². The number of fused-ring (bicyclic) bond motifs is 1. The molecular formula is C26H34N6OS. The lowest BCUT2D eigenvalue weighted by Crippen LogP contribution is -2.34. The maximum absolute atomic E-state index is 13.2. The first kappa shape index (κ1) is 24.4. The molecule has 2 aliphatic heterocycles. The zero-order chi connectivity index (χ0) is 24.1. The van der Waals surface area contributed by atoms with Crippen molar-refractivity contribution in [2.24, 2.45) is 16.5 Å². The standard InChI is InChI=1S/C26H34N6OS/c1-3-8-31(9-4-2)26(33)20-11-19-6-5-18(13-24(19)30-25(28)14-20)21-12-23(16-29-15-21)34-32-10-7-22(27)17-32/h5-6,11-13,15-16,22H,3-4,7-10,14,17,27H2,1-2H3,(H2,28,30). The van der Waals surface area contributed by atoms with Crippen molar-refractivity contribution in [1.82, 2.24) is 14.2 Å². The fraction of sp³-hybridized carbons (Fsp3) is 0.423. The van der Waals surface area contributed by atoms with E-state index in [1.807, 2.05) is 35.5 Å². The average molecular weight is 479 g/mol. The van der Waals surface area contributed by atoms with E-state index in [2.05, 4.69) is 40.3 Å². The summed E-state index contributed by atoms with van der Waals surface area (Å²) < 4.78 is 2.29. The maximum Gasteiger partial charge on any atom is 0.250 e. The number of aliphatic imine (C=N–C) groups is 1. The molecule has 4 N–H and O–H groups in total. The summed E-state index contributed by atoms with van der Waals surface area (Å²) in [4.78, 5) is 25.3. The highest BCUT2D eigenvalue weighted by Crippen LogP contribution is 2.34. The summed E-state index contributed by atoms with van der Waals surface area (Å²) in [6.07, 6.45) is 8.94. The van der Waals surface area contributed by atoms with E-state index in [4.69, 9.17) is 11.5 Å². The van der Waals surface area contributed by atoms with Gasteiger partial charge in [-0.25, -0.2) is 9.30 Å². The average Bonchev–Trinajstić information content (AvgIpc) is 3.14. The molecule has 1 atom stereocenters. The van der Waals surface area contributed by atoms with E-state index >= 15 is 0 Å². The SMILES string of the molecule is CCCN(CCC)C(=O)C1=Cc2ccc(-c3cncc(SN4CCC(N)C4)c3)cc2N=C(N)C1. The van der Waals surface area contributed by atoms with Crippen LogP contribution in [0.15, 0.2) is 52.1 Å². The lowest BCUT2D eigenvalue weighted by Gasteiger charge is -2.22. The van der Waals surface area contributed by atoms with Crippen molar-refractivity contribution in [3.8, 4) is 11.1 Å². The fourth-order valence-electron chi connectivity index (χ4n) is 4.38. The van der Waals surface area contributed by atoms with Gasteiger partial charge in [0.05, 0.1) is 5.69 Å². The quantitative estimate of drug-likeness (QED) is 0.551. The van der Waals surface area contributed by atoms with E-state index < -0.39 is 0 Å². The molecule has 1 amide bonds. The summed E-state index contributed by atoms with van der Waals surface area (Å²) in [6, 6.07) is 8.49. The number of carbonyl (C=O) groups excluding carboxylic acids is 1. The molecule has 0 saturated carbocycles. The number of amidine groups is 1. The lowest BCUT2D eigenvalue weighted by atomic mass is 10.0. The van der Waals surface area contributed by atoms with Crippen molar-refractivity contribution in [2.75, 3.05) is 26.2 Å². The van der Waals surface area contributed by atoms with E-state index in [1.54, 1.807) is 11.9 Å². The van der Waals surface area contributed by atoms with Gasteiger partial charge in [0.15, 0.2) is 0 Å². The smallest absolute Gasteiger partial charge is 0.250 e. The monoisotopic (exact) mass is 478 g/mol. The van der Waals surface area contributed by atoms with E-state index in [9.17, 15) is 4.79 Å². The molecule has 1 aromatic heterocycles. The summed E-state index contributed by atoms with van der Waals surface area (Å²) in [6.45, 7) is 7.56. The zero-order valence-corrected chi connectivity index (χ0v) is 20.9. The molecule has 1 aromatic carbocycles. The topological polar surface area (TPSA) is 101 Å². The summed E-state index contributed by atoms with van der Waals surface area (Å²) in [5.74, 6) is 0.505. The Labute approximate surface area is 206 Å². The van der Waals surface area contributed by atoms with Crippen LogP contribution < -0.4 is 11.5 Å². The molecule has 1 unspecified atom stereocenters. The Morgan fingerprint density at radius 1 is 1.18 bits per heavy atom. The van der Waals surface area contributed by atoms with Crippen molar-refractivity contribution >= 4 is 35.5 Å². The molecule has 2 aromatic rings. The van der Waals surface area contributed by atoms with Crippen molar-refractivity contribution in [3.63, 3.8) is 0 Å². The van der Waals surface area contributed by atoms with Gasteiger partial charge in [-0.15, -0.1) is 0 Å². The number of hydrogen-bond donors (Lipinski definition) is 2. The summed E-state index contributed by atoms with van der Waals surface area (Å²) in [7, 11) is 0. The van der Waals surface area contributed by atoms with Crippen molar-refractivity contribution in [3.05, 3.63) is 47.8 Å². The molecule has 34 heavy (non-hydrogen) atoms. The number of amides is 1. The number of rotatable bonds is 8. The molecule has 0 radical (unpaired) electrons. The van der Waals surface area contributed by atoms with Crippen LogP contribution in [0.25, 0.3) is 17.2 Å². The number of nitrogens with zero attached hydrogens (tertiary/aromatic N) is 4. The predicted molar refractivity (Wildman–Crippen MR) is 141 cm³/mol. The highest BCUT2D eigenvalue weighted by atomic mass is 32.2. The van der Waals surface area contributed by atoms with Gasteiger partial charge in [-0.3, -0.25) is 9.78 Å². The first-order valence-electron chi connectivity index (χ1n) is 12.1. The predicted octanol–water partition coefficient (Wildman–Crippen LogP) is 4.21. The van der Waals surface area contributed by atoms with Crippen LogP contribution in [0.2, 0.25) is 0 Å². The Bertz CT molecular complexity index is 1090. The highest BCUT2D eigenvalue weighted by molar-refractivity contribution is 7.97. The Balaban J connectivity index is 1.59. The van der Waals surface area contributed by atoms with E-state index in [-0.39, 0.29) is 11.9 Å². The molecule has 2 aliphatic rings. The fourth-order valence-corrected chi connectivity index (χ4v) is 5.43. The molecule has 0 aliphatic carbocycles. The minimum absolute atomic E-state index is 0.0503. The number of carbonyl (C=O) groups is 1. The minimum atomic E-state index is 0.0503. The van der Waals surface area contributed by atoms with Gasteiger partial charge in [0, 0.05) is 72.6 Å². The number of pyridine rings is 1. The van der Waals surface area contributed by atoms with Gasteiger partial charge in [0.1, 0.15) is 5.84 Å². The Morgan fingerprint density at radius 2 is 1.97 bits per heavy atom. The number of aromatic nitrogens is 1. The zero-order valence-electron chi connectivity index (χ0n) is 20.0. The molecule has 8 heteroatoms. The minimum Gasteiger partial charge on any atom is -0.387 e. The summed E-state index contributed by atoms with van der Waals surface area (Å²) in [5, 5.41) is 0. The number of benzene rings is 1. The Hall–Kier alpha value is -2.68. The van der Waals surface area contributed by atoms with Crippen LogP contribution in [0.1, 0.15) is 45.1 Å². The Morgan fingerprint density at radius 3 is 2.68 bits per heavy atom. The molecule has 0 bridgehead atoms. The van der Waals surface area contributed by atoms with Crippen LogP contribution in [-0.4, -0.2) is 58.2 Å². The third-order valence-electron chi connectivity index (χ3n) is 6.01. The molecule has 7 nitrogen and oxygen atoms in total. The van der Waals surface area contributed by atoms with E-state index in [0.29, 0.717) is 17.8 Å². The van der Waals surface area contributed by atoms with Gasteiger partial charge < -0.3 is 16.4 Å². The molecule has 4 rings (SSSR count). The van der Waals surface area contributed by atoms with Crippen molar-refractivity contribution in [2.45, 2.75) is 50.5 Å². The van der Waals surface area contributed by atoms with Crippen molar-refractivity contribution in [1.29, 1.82) is 0 Å². The van der Waals surface area contributed by atoms with Gasteiger partial charge >= 0.3 is 0 Å². The lowest BCUT2D eigenvalue weighted by molar-refractivity contribution is -0.127. The van der Waals surface area contributed by atoms with Crippen LogP contribution in [0.3, 0.4) is 0 Å². The number of nitrogens with two attached hydrogens (primary N) is 2. The number of hydrogen-bond acceptors (Lipinski definition) is 7. The summed E-state index contributed by atoms with van der Waals surface area (Å²) >= 11 is 1.70. The molecular weight excluding hydrogens is 444 g/mol. The molecule has 3 heterocycles. The van der Waals surface area contributed by atoms with E-state index in [0.717, 1.165) is 72.7 Å². The normalized spacial score (nSPS) is 18.1. The van der Waals surface area contributed by atoms with Crippen LogP contribution in [0, 0.1) is 0 Å². The molecule has 180 valence electrons. The third-order valence-corrected chi connectivity index (χ3v) is 7.04. The van der Waals surface area contributed by atoms with Gasteiger partial charge in [-0.2, -0.15) is 0 Å². The van der Waals surface area contributed by atoms with Crippen LogP contribution >= 0.6 is 11.9 Å². The highest BCUT2D eigenvalue weighted by Gasteiger charge is 2.22. The second-order valence-electron chi connectivity index (χ2n) is 8.95. The third kappa shape index (κ3) is 5.87. The van der Waals surface area contributed by atoms with Crippen LogP contribution in [0.4, 0.5) is 5.69 Å². The van der Waals surface area contributed by atoms with Gasteiger partial charge in [-0.1, -0.05) is 26.0 Å². The van der Waals surface area contributed by atoms with Crippen molar-refractivity contribution < 1.29 is 4.79 Å². The second-order valence-corrected chi connectivity index (χ2v) is 10.1. The Kier molecular flexibility index (Phi) is 8.03. The summed E-state index contributed by atoms with van der Waals surface area (Å²) in [5.41, 5.74) is 16.7. The molecule has 1 saturated heterocycles.